The first-order chi connectivity index (χ1) is 11.8. The minimum atomic E-state index is -0.238. The van der Waals surface area contributed by atoms with Crippen LogP contribution < -0.4 is 10.1 Å². The van der Waals surface area contributed by atoms with E-state index in [1.165, 1.54) is 0 Å². The monoisotopic (exact) mass is 354 g/mol. The predicted molar refractivity (Wildman–Crippen MR) is 98.7 cm³/mol. The van der Waals surface area contributed by atoms with Crippen molar-refractivity contribution in [3.8, 4) is 5.75 Å². The molecule has 0 fully saturated rings. The molecular formula is C18H15ClN4O2. The van der Waals surface area contributed by atoms with Crippen molar-refractivity contribution in [3.63, 3.8) is 0 Å². The molecule has 0 saturated heterocycles. The van der Waals surface area contributed by atoms with Gasteiger partial charge in [0.15, 0.2) is 0 Å². The average molecular weight is 355 g/mol. The number of aromatic nitrogens is 3. The Morgan fingerprint density at radius 1 is 1.20 bits per heavy atom. The third-order valence-corrected chi connectivity index (χ3v) is 3.84. The molecule has 0 radical (unpaired) electrons. The zero-order chi connectivity index (χ0) is 16.5. The predicted octanol–water partition coefficient (Wildman–Crippen LogP) is 3.57. The van der Waals surface area contributed by atoms with Gasteiger partial charge in [-0.2, -0.15) is 5.10 Å². The molecule has 0 aliphatic heterocycles. The number of amides is 1. The van der Waals surface area contributed by atoms with Crippen molar-refractivity contribution in [1.29, 1.82) is 0 Å². The zero-order valence-corrected chi connectivity index (χ0v) is 14.2. The molecule has 4 aromatic rings. The Morgan fingerprint density at radius 2 is 2.08 bits per heavy atom. The lowest BCUT2D eigenvalue weighted by Crippen LogP contribution is -2.12. The summed E-state index contributed by atoms with van der Waals surface area (Å²) in [6, 6.07) is 13.0. The lowest BCUT2D eigenvalue weighted by atomic mass is 10.1. The summed E-state index contributed by atoms with van der Waals surface area (Å²) in [5, 5.41) is 8.02. The van der Waals surface area contributed by atoms with Gasteiger partial charge in [-0.25, -0.2) is 4.52 Å². The van der Waals surface area contributed by atoms with Gasteiger partial charge in [0.2, 0.25) is 0 Å². The maximum Gasteiger partial charge on any atom is 0.259 e. The van der Waals surface area contributed by atoms with Gasteiger partial charge in [-0.1, -0.05) is 12.1 Å². The Bertz CT molecular complexity index is 1060. The number of nitrogens with zero attached hydrogens (tertiary/aromatic N) is 3. The van der Waals surface area contributed by atoms with E-state index in [-0.39, 0.29) is 18.3 Å². The van der Waals surface area contributed by atoms with E-state index in [0.29, 0.717) is 17.0 Å². The van der Waals surface area contributed by atoms with Crippen LogP contribution in [0.1, 0.15) is 10.4 Å². The molecule has 1 aromatic carbocycles. The van der Waals surface area contributed by atoms with Gasteiger partial charge in [0.25, 0.3) is 5.91 Å². The van der Waals surface area contributed by atoms with Crippen molar-refractivity contribution in [2.75, 3.05) is 12.4 Å². The van der Waals surface area contributed by atoms with Crippen LogP contribution in [0.25, 0.3) is 16.4 Å². The number of carbonyl (C=O) groups is 1. The highest BCUT2D eigenvalue weighted by atomic mass is 35.5. The van der Waals surface area contributed by atoms with Crippen LogP contribution in [0.15, 0.2) is 61.1 Å². The number of benzene rings is 1. The molecule has 3 aromatic heterocycles. The number of nitrogens with one attached hydrogen (secondary N) is 1. The van der Waals surface area contributed by atoms with Crippen molar-refractivity contribution in [2.24, 2.45) is 0 Å². The fraction of sp³-hybridized carbons (Fsp3) is 0.0556. The van der Waals surface area contributed by atoms with Gasteiger partial charge in [0, 0.05) is 23.8 Å². The fourth-order valence-corrected chi connectivity index (χ4v) is 2.67. The first kappa shape index (κ1) is 16.7. The zero-order valence-electron chi connectivity index (χ0n) is 13.3. The summed E-state index contributed by atoms with van der Waals surface area (Å²) in [5.41, 5.74) is 2.65. The molecule has 25 heavy (non-hydrogen) atoms. The molecule has 0 saturated carbocycles. The van der Waals surface area contributed by atoms with Crippen molar-refractivity contribution in [1.82, 2.24) is 14.6 Å². The van der Waals surface area contributed by atoms with E-state index in [0.717, 1.165) is 16.4 Å². The number of anilines is 1. The number of methoxy groups -OCH3 is 1. The van der Waals surface area contributed by atoms with Crippen LogP contribution in [0.2, 0.25) is 0 Å². The van der Waals surface area contributed by atoms with Gasteiger partial charge in [0.05, 0.1) is 35.6 Å². The third-order valence-electron chi connectivity index (χ3n) is 3.84. The Morgan fingerprint density at radius 3 is 2.92 bits per heavy atom. The molecule has 0 spiro atoms. The van der Waals surface area contributed by atoms with Crippen LogP contribution in [0.4, 0.5) is 5.69 Å². The van der Waals surface area contributed by atoms with Gasteiger partial charge in [-0.3, -0.25) is 9.78 Å². The quantitative estimate of drug-likeness (QED) is 0.610. The maximum atomic E-state index is 12.7. The molecule has 6 nitrogen and oxygen atoms in total. The molecule has 0 aliphatic carbocycles. The Balaban J connectivity index is 0.00000182. The van der Waals surface area contributed by atoms with Gasteiger partial charge in [-0.05, 0) is 24.3 Å². The van der Waals surface area contributed by atoms with Crippen molar-refractivity contribution in [2.45, 2.75) is 0 Å². The number of carbonyl (C=O) groups excluding carboxylic acids is 1. The minimum Gasteiger partial charge on any atom is -0.494 e. The van der Waals surface area contributed by atoms with Crippen LogP contribution in [0, 0.1) is 0 Å². The number of halogens is 1. The summed E-state index contributed by atoms with van der Waals surface area (Å²) in [6.45, 7) is 0. The van der Waals surface area contributed by atoms with E-state index in [1.54, 1.807) is 36.3 Å². The number of pyridine rings is 2. The van der Waals surface area contributed by atoms with Crippen LogP contribution in [0.5, 0.6) is 5.75 Å². The van der Waals surface area contributed by atoms with E-state index < -0.39 is 0 Å². The number of hydrogen-bond donors (Lipinski definition) is 1. The Hall–Kier alpha value is -3.12. The van der Waals surface area contributed by atoms with E-state index in [2.05, 4.69) is 15.4 Å². The Kier molecular flexibility index (Phi) is 4.54. The first-order valence-electron chi connectivity index (χ1n) is 7.43. The van der Waals surface area contributed by atoms with Crippen LogP contribution in [-0.2, 0) is 0 Å². The second kappa shape index (κ2) is 6.78. The molecule has 3 heterocycles. The molecule has 126 valence electrons. The molecule has 7 heteroatoms. The summed E-state index contributed by atoms with van der Waals surface area (Å²) < 4.78 is 7.05. The van der Waals surface area contributed by atoms with Crippen LogP contribution in [-0.4, -0.2) is 27.6 Å². The van der Waals surface area contributed by atoms with Crippen molar-refractivity contribution >= 4 is 40.4 Å². The summed E-state index contributed by atoms with van der Waals surface area (Å²) in [7, 11) is 1.56. The highest BCUT2D eigenvalue weighted by Crippen LogP contribution is 2.30. The fourth-order valence-electron chi connectivity index (χ4n) is 2.67. The SMILES string of the molecule is COc1cc2ncccc2cc1NC(=O)c1cnn2ccccc12.Cl. The molecular weight excluding hydrogens is 340 g/mol. The number of hydrogen-bond acceptors (Lipinski definition) is 4. The summed E-state index contributed by atoms with van der Waals surface area (Å²) in [6.07, 6.45) is 5.08. The molecule has 1 N–H and O–H groups in total. The largest absolute Gasteiger partial charge is 0.494 e. The van der Waals surface area contributed by atoms with Gasteiger partial charge >= 0.3 is 0 Å². The standard InChI is InChI=1S/C18H14N4O2.ClH/c1-24-17-10-14-12(5-4-7-19-14)9-15(17)21-18(23)13-11-20-22-8-3-2-6-16(13)22;/h2-11H,1H3,(H,21,23);1H. The second-order valence-corrected chi connectivity index (χ2v) is 5.29. The minimum absolute atomic E-state index is 0. The van der Waals surface area contributed by atoms with Gasteiger partial charge in [0.1, 0.15) is 5.75 Å². The number of ether oxygens (including phenoxy) is 1. The Labute approximate surface area is 149 Å². The molecule has 1 amide bonds. The summed E-state index contributed by atoms with van der Waals surface area (Å²) >= 11 is 0. The van der Waals surface area contributed by atoms with Crippen LogP contribution >= 0.6 is 12.4 Å². The normalized spacial score (nSPS) is 10.4. The van der Waals surface area contributed by atoms with Crippen molar-refractivity contribution in [3.05, 3.63) is 66.6 Å². The lowest BCUT2D eigenvalue weighted by Gasteiger charge is -2.11. The molecule has 0 atom stereocenters. The third kappa shape index (κ3) is 2.99. The smallest absolute Gasteiger partial charge is 0.259 e. The highest BCUT2D eigenvalue weighted by Gasteiger charge is 2.15. The molecule has 0 bridgehead atoms. The van der Waals surface area contributed by atoms with E-state index >= 15 is 0 Å². The lowest BCUT2D eigenvalue weighted by molar-refractivity contribution is 0.102. The van der Waals surface area contributed by atoms with Gasteiger partial charge < -0.3 is 10.1 Å². The maximum absolute atomic E-state index is 12.7. The van der Waals surface area contributed by atoms with E-state index in [1.807, 2.05) is 36.4 Å². The summed E-state index contributed by atoms with van der Waals surface area (Å²) in [5.74, 6) is 0.323. The number of fused-ring (bicyclic) bond motifs is 2. The number of rotatable bonds is 3. The molecule has 0 aliphatic rings. The summed E-state index contributed by atoms with van der Waals surface area (Å²) in [4.78, 5) is 17.0. The molecule has 0 unspecified atom stereocenters. The van der Waals surface area contributed by atoms with E-state index in [9.17, 15) is 4.79 Å². The highest BCUT2D eigenvalue weighted by molar-refractivity contribution is 6.10. The first-order valence-corrected chi connectivity index (χ1v) is 7.43. The average Bonchev–Trinajstić information content (AvgIpc) is 3.05. The topological polar surface area (TPSA) is 68.5 Å². The second-order valence-electron chi connectivity index (χ2n) is 5.29. The van der Waals surface area contributed by atoms with E-state index in [4.69, 9.17) is 4.74 Å². The van der Waals surface area contributed by atoms with Crippen LogP contribution in [0.3, 0.4) is 0 Å². The molecule has 4 rings (SSSR count). The van der Waals surface area contributed by atoms with Gasteiger partial charge in [-0.15, -0.1) is 12.4 Å². The van der Waals surface area contributed by atoms with Crippen molar-refractivity contribution < 1.29 is 9.53 Å².